The molecular formula is C32H37NO5Si. The summed E-state index contributed by atoms with van der Waals surface area (Å²) in [5.41, 5.74) is -1.01. The molecule has 0 aliphatic heterocycles. The van der Waals surface area contributed by atoms with E-state index in [1.165, 1.54) is 12.2 Å². The van der Waals surface area contributed by atoms with Gasteiger partial charge < -0.3 is 20.0 Å². The Morgan fingerprint density at radius 1 is 0.923 bits per heavy atom. The molecule has 0 saturated heterocycles. The Balaban J connectivity index is 1.80. The van der Waals surface area contributed by atoms with Crippen LogP contribution >= 0.6 is 0 Å². The molecule has 7 heteroatoms. The van der Waals surface area contributed by atoms with E-state index in [-0.39, 0.29) is 11.5 Å². The smallest absolute Gasteiger partial charge is 0.319 e. The summed E-state index contributed by atoms with van der Waals surface area (Å²) < 4.78 is 6.54. The first-order valence-electron chi connectivity index (χ1n) is 13.1. The van der Waals surface area contributed by atoms with Crippen LogP contribution < -0.4 is 9.74 Å². The maximum absolute atomic E-state index is 12.6. The Hall–Kier alpha value is -3.84. The molecule has 0 bridgehead atoms. The Labute approximate surface area is 231 Å². The molecule has 0 amide bonds. The highest BCUT2D eigenvalue weighted by atomic mass is 28.4. The highest BCUT2D eigenvalue weighted by molar-refractivity contribution is 6.74. The summed E-state index contributed by atoms with van der Waals surface area (Å²) in [6.45, 7) is 12.5. The molecule has 0 saturated carbocycles. The van der Waals surface area contributed by atoms with E-state index in [1.807, 2.05) is 66.7 Å². The highest BCUT2D eigenvalue weighted by Gasteiger charge is 2.45. The van der Waals surface area contributed by atoms with Crippen molar-refractivity contribution in [2.24, 2.45) is 10.8 Å². The minimum absolute atomic E-state index is 0.0290. The molecule has 204 valence electrons. The predicted molar refractivity (Wildman–Crippen MR) is 159 cm³/mol. The van der Waals surface area contributed by atoms with Gasteiger partial charge in [-0.1, -0.05) is 81.5 Å². The molecule has 1 aliphatic carbocycles. The van der Waals surface area contributed by atoms with Crippen molar-refractivity contribution in [3.8, 4) is 5.75 Å². The van der Waals surface area contributed by atoms with Crippen LogP contribution in [0.1, 0.15) is 33.3 Å². The van der Waals surface area contributed by atoms with Gasteiger partial charge in [0.25, 0.3) is 0 Å². The van der Waals surface area contributed by atoms with Crippen molar-refractivity contribution in [3.63, 3.8) is 0 Å². The zero-order valence-electron chi connectivity index (χ0n) is 23.4. The van der Waals surface area contributed by atoms with E-state index in [0.717, 1.165) is 22.1 Å². The minimum atomic E-state index is -2.08. The monoisotopic (exact) mass is 543 g/mol. The molecule has 1 aliphatic rings. The van der Waals surface area contributed by atoms with E-state index in [0.29, 0.717) is 11.4 Å². The predicted octanol–water partition coefficient (Wildman–Crippen LogP) is 7.49. The van der Waals surface area contributed by atoms with Crippen LogP contribution in [-0.2, 0) is 16.0 Å². The molecule has 0 spiro atoms. The van der Waals surface area contributed by atoms with Gasteiger partial charge in [-0.3, -0.25) is 9.59 Å². The molecule has 0 aromatic heterocycles. The summed E-state index contributed by atoms with van der Waals surface area (Å²) in [5.74, 6) is -1.36. The first-order valence-corrected chi connectivity index (χ1v) is 16.0. The molecular weight excluding hydrogens is 506 g/mol. The molecule has 0 heterocycles. The van der Waals surface area contributed by atoms with Crippen LogP contribution in [0.5, 0.6) is 5.75 Å². The van der Waals surface area contributed by atoms with Crippen molar-refractivity contribution in [2.75, 3.05) is 5.32 Å². The molecule has 3 N–H and O–H groups in total. The van der Waals surface area contributed by atoms with Crippen LogP contribution in [0.4, 0.5) is 5.69 Å². The van der Waals surface area contributed by atoms with Crippen LogP contribution in [-0.4, -0.2) is 30.5 Å². The summed E-state index contributed by atoms with van der Waals surface area (Å²) >= 11 is 0. The average Bonchev–Trinajstić information content (AvgIpc) is 2.86. The largest absolute Gasteiger partial charge is 0.543 e. The summed E-state index contributed by atoms with van der Waals surface area (Å²) in [6, 6.07) is 21.0. The minimum Gasteiger partial charge on any atom is -0.543 e. The summed E-state index contributed by atoms with van der Waals surface area (Å²) in [6.07, 6.45) is 4.76. The first-order chi connectivity index (χ1) is 18.2. The van der Waals surface area contributed by atoms with E-state index < -0.39 is 31.1 Å². The normalized spacial score (nSPS) is 21.3. The van der Waals surface area contributed by atoms with Crippen LogP contribution in [0.2, 0.25) is 18.1 Å². The number of carbonyl (C=O) groups is 2. The van der Waals surface area contributed by atoms with Gasteiger partial charge in [0.2, 0.25) is 8.32 Å². The fourth-order valence-corrected chi connectivity index (χ4v) is 5.50. The molecule has 0 radical (unpaired) electrons. The number of benzene rings is 3. The molecule has 2 unspecified atom stereocenters. The molecule has 0 fully saturated rings. The number of aliphatic carboxylic acids is 2. The molecule has 6 nitrogen and oxygen atoms in total. The molecule has 3 aromatic carbocycles. The molecule has 4 rings (SSSR count). The number of carboxylic acids is 2. The van der Waals surface area contributed by atoms with Crippen LogP contribution in [0.25, 0.3) is 10.8 Å². The maximum atomic E-state index is 12.6. The molecule has 3 aromatic rings. The van der Waals surface area contributed by atoms with Gasteiger partial charge in [0.05, 0.1) is 0 Å². The topological polar surface area (TPSA) is 95.9 Å². The van der Waals surface area contributed by atoms with Gasteiger partial charge in [-0.05, 0) is 66.7 Å². The van der Waals surface area contributed by atoms with Gasteiger partial charge in [0.15, 0.2) is 0 Å². The Morgan fingerprint density at radius 3 is 2.23 bits per heavy atom. The average molecular weight is 544 g/mol. The second-order valence-electron chi connectivity index (χ2n) is 12.1. The van der Waals surface area contributed by atoms with Gasteiger partial charge in [0, 0.05) is 16.8 Å². The van der Waals surface area contributed by atoms with E-state index in [2.05, 4.69) is 39.2 Å². The standard InChI is InChI=1S/C32H37NO5Si/c1-30(2,3)39(5,6)38-24-16-15-23-13-10-14-26(25(23)19-24)33-27-21-32(29(36)37,18-17-31(27,4)28(34)35)20-22-11-8-7-9-12-22/h7-19,21,33H,20H2,1-6H3,(H,34,35)(H,36,37). The summed E-state index contributed by atoms with van der Waals surface area (Å²) in [5, 5.41) is 25.7. The van der Waals surface area contributed by atoms with Crippen molar-refractivity contribution in [3.05, 3.63) is 96.2 Å². The number of carboxylic acid groups (broad SMARTS) is 2. The van der Waals surface area contributed by atoms with Crippen molar-refractivity contribution in [2.45, 2.75) is 52.2 Å². The third kappa shape index (κ3) is 5.50. The van der Waals surface area contributed by atoms with Crippen molar-refractivity contribution >= 4 is 36.7 Å². The van der Waals surface area contributed by atoms with Crippen LogP contribution in [0, 0.1) is 10.8 Å². The van der Waals surface area contributed by atoms with Gasteiger partial charge in [0.1, 0.15) is 16.6 Å². The number of hydrogen-bond donors (Lipinski definition) is 3. The quantitative estimate of drug-likeness (QED) is 0.201. The Morgan fingerprint density at radius 2 is 1.62 bits per heavy atom. The molecule has 39 heavy (non-hydrogen) atoms. The fourth-order valence-electron chi connectivity index (χ4n) is 4.48. The van der Waals surface area contributed by atoms with Gasteiger partial charge in [-0.2, -0.15) is 0 Å². The SMILES string of the molecule is CC1(C(=O)O)C=CC(Cc2ccccc2)(C(=O)O)C=C1Nc1cccc2ccc(O[Si](C)(C)C(C)(C)C)cc12. The van der Waals surface area contributed by atoms with Crippen LogP contribution in [0.15, 0.2) is 90.7 Å². The lowest BCUT2D eigenvalue weighted by Crippen LogP contribution is -2.43. The Kier molecular flexibility index (Phi) is 7.25. The number of hydrogen-bond acceptors (Lipinski definition) is 4. The van der Waals surface area contributed by atoms with E-state index in [4.69, 9.17) is 4.43 Å². The zero-order valence-corrected chi connectivity index (χ0v) is 24.4. The van der Waals surface area contributed by atoms with Crippen LogP contribution in [0.3, 0.4) is 0 Å². The van der Waals surface area contributed by atoms with E-state index in [9.17, 15) is 19.8 Å². The number of nitrogens with one attached hydrogen (secondary N) is 1. The molecule has 2 atom stereocenters. The lowest BCUT2D eigenvalue weighted by molar-refractivity contribution is -0.146. The van der Waals surface area contributed by atoms with E-state index >= 15 is 0 Å². The summed E-state index contributed by atoms with van der Waals surface area (Å²) in [4.78, 5) is 25.1. The first kappa shape index (κ1) is 28.2. The third-order valence-electron chi connectivity index (χ3n) is 8.16. The third-order valence-corrected chi connectivity index (χ3v) is 12.5. The lowest BCUT2D eigenvalue weighted by Gasteiger charge is -2.36. The Bertz CT molecular complexity index is 1470. The lowest BCUT2D eigenvalue weighted by atomic mass is 9.70. The zero-order chi connectivity index (χ0) is 28.6. The fraction of sp³-hybridized carbons (Fsp3) is 0.312. The summed E-state index contributed by atoms with van der Waals surface area (Å²) in [7, 11) is -2.08. The highest BCUT2D eigenvalue weighted by Crippen LogP contribution is 2.43. The van der Waals surface area contributed by atoms with Gasteiger partial charge in [-0.25, -0.2) is 0 Å². The number of fused-ring (bicyclic) bond motifs is 1. The number of rotatable bonds is 8. The van der Waals surface area contributed by atoms with Crippen molar-refractivity contribution in [1.82, 2.24) is 0 Å². The van der Waals surface area contributed by atoms with Gasteiger partial charge >= 0.3 is 11.9 Å². The van der Waals surface area contributed by atoms with Gasteiger partial charge in [-0.15, -0.1) is 0 Å². The number of anilines is 1. The van der Waals surface area contributed by atoms with Crippen molar-refractivity contribution in [1.29, 1.82) is 0 Å². The second-order valence-corrected chi connectivity index (χ2v) is 16.8. The maximum Gasteiger partial charge on any atom is 0.319 e. The van der Waals surface area contributed by atoms with E-state index in [1.54, 1.807) is 13.0 Å². The van der Waals surface area contributed by atoms with Crippen molar-refractivity contribution < 1.29 is 24.2 Å². The second kappa shape index (κ2) is 10.0.